The zero-order chi connectivity index (χ0) is 21.3. The molecule has 28 heavy (non-hydrogen) atoms. The van der Waals surface area contributed by atoms with Crippen molar-refractivity contribution in [2.24, 2.45) is 0 Å². The predicted octanol–water partition coefficient (Wildman–Crippen LogP) is 3.82. The van der Waals surface area contributed by atoms with Gasteiger partial charge in [0.1, 0.15) is 24.0 Å². The van der Waals surface area contributed by atoms with Crippen LogP contribution < -0.4 is 10.6 Å². The lowest BCUT2D eigenvalue weighted by Gasteiger charge is -2.22. The molecule has 0 saturated heterocycles. The number of hydrogen-bond donors (Lipinski definition) is 3. The van der Waals surface area contributed by atoms with E-state index >= 15 is 0 Å². The van der Waals surface area contributed by atoms with Crippen molar-refractivity contribution in [3.8, 4) is 0 Å². The largest absolute Gasteiger partial charge is 0.408 e. The van der Waals surface area contributed by atoms with Gasteiger partial charge in [-0.1, -0.05) is 0 Å². The van der Waals surface area contributed by atoms with E-state index in [0.717, 1.165) is 13.8 Å². The standard InChI is InChI=1S/C15H18F7N5O/c1-6(14(17,18)19)23-12-25-11(8-4-3-5-9(28)10(8)16)26-13(27-12)24-7(2)15(20,21)22/h6-7,9,28H,3-5H2,1-2H3,(H2,23,24,25,26,27)/t6-,7-,9?/m1/s1. The van der Waals surface area contributed by atoms with Gasteiger partial charge in [-0.25, -0.2) is 4.39 Å². The highest BCUT2D eigenvalue weighted by molar-refractivity contribution is 5.65. The molecule has 1 aliphatic rings. The summed E-state index contributed by atoms with van der Waals surface area (Å²) in [5, 5.41) is 13.5. The Balaban J connectivity index is 2.45. The summed E-state index contributed by atoms with van der Waals surface area (Å²) in [7, 11) is 0. The van der Waals surface area contributed by atoms with E-state index in [9.17, 15) is 35.8 Å². The second-order valence-electron chi connectivity index (χ2n) is 6.36. The van der Waals surface area contributed by atoms with Crippen LogP contribution in [0, 0.1) is 0 Å². The molecule has 158 valence electrons. The Labute approximate surface area is 155 Å². The fourth-order valence-corrected chi connectivity index (χ4v) is 2.33. The molecule has 0 fully saturated rings. The second-order valence-corrected chi connectivity index (χ2v) is 6.36. The summed E-state index contributed by atoms with van der Waals surface area (Å²) in [6, 6.07) is -4.24. The highest BCUT2D eigenvalue weighted by Crippen LogP contribution is 2.33. The van der Waals surface area contributed by atoms with E-state index < -0.39 is 54.1 Å². The molecule has 0 radical (unpaired) electrons. The molecule has 3 N–H and O–H groups in total. The minimum Gasteiger partial charge on any atom is -0.386 e. The summed E-state index contributed by atoms with van der Waals surface area (Å²) >= 11 is 0. The number of aromatic nitrogens is 3. The summed E-state index contributed by atoms with van der Waals surface area (Å²) in [5.74, 6) is -2.76. The fourth-order valence-electron chi connectivity index (χ4n) is 2.33. The monoisotopic (exact) mass is 417 g/mol. The number of nitrogens with one attached hydrogen (secondary N) is 2. The molecule has 1 heterocycles. The quantitative estimate of drug-likeness (QED) is 0.632. The maximum atomic E-state index is 14.2. The number of allylic oxidation sites excluding steroid dienone is 1. The van der Waals surface area contributed by atoms with E-state index in [1.807, 2.05) is 10.6 Å². The lowest BCUT2D eigenvalue weighted by molar-refractivity contribution is -0.139. The molecule has 3 atom stereocenters. The number of alkyl halides is 6. The van der Waals surface area contributed by atoms with Gasteiger partial charge in [0.2, 0.25) is 11.9 Å². The van der Waals surface area contributed by atoms with Crippen molar-refractivity contribution >= 4 is 17.5 Å². The molecule has 6 nitrogen and oxygen atoms in total. The van der Waals surface area contributed by atoms with E-state index in [1.54, 1.807) is 0 Å². The first kappa shape index (κ1) is 22.1. The van der Waals surface area contributed by atoms with Crippen LogP contribution >= 0.6 is 0 Å². The zero-order valence-corrected chi connectivity index (χ0v) is 14.8. The molecule has 1 aromatic heterocycles. The van der Waals surface area contributed by atoms with Crippen LogP contribution in [0.2, 0.25) is 0 Å². The molecule has 2 rings (SSSR count). The molecule has 0 aromatic carbocycles. The Hall–Kier alpha value is -2.18. The normalized spacial score (nSPS) is 20.7. The van der Waals surface area contributed by atoms with Gasteiger partial charge in [-0.05, 0) is 33.1 Å². The summed E-state index contributed by atoms with van der Waals surface area (Å²) in [4.78, 5) is 10.9. The van der Waals surface area contributed by atoms with Gasteiger partial charge in [-0.3, -0.25) is 0 Å². The SMILES string of the molecule is C[C@@H](Nc1nc(N[C@H](C)C(F)(F)F)nc(C2=C(F)C(O)CCC2)n1)C(F)(F)F. The molecule has 0 saturated carbocycles. The first-order valence-electron chi connectivity index (χ1n) is 8.28. The van der Waals surface area contributed by atoms with Crippen molar-refractivity contribution in [2.75, 3.05) is 10.6 Å². The van der Waals surface area contributed by atoms with Gasteiger partial charge in [0.25, 0.3) is 0 Å². The second kappa shape index (κ2) is 8.05. The van der Waals surface area contributed by atoms with Gasteiger partial charge in [0.05, 0.1) is 0 Å². The van der Waals surface area contributed by atoms with E-state index in [0.29, 0.717) is 6.42 Å². The van der Waals surface area contributed by atoms with Crippen molar-refractivity contribution in [3.63, 3.8) is 0 Å². The van der Waals surface area contributed by atoms with Crippen molar-refractivity contribution < 1.29 is 35.8 Å². The molecule has 1 aliphatic carbocycles. The number of halogens is 7. The maximum Gasteiger partial charge on any atom is 0.408 e. The van der Waals surface area contributed by atoms with Crippen LogP contribution in [0.25, 0.3) is 5.57 Å². The van der Waals surface area contributed by atoms with Gasteiger partial charge >= 0.3 is 12.4 Å². The lowest BCUT2D eigenvalue weighted by Crippen LogP contribution is -2.35. The Bertz CT molecular complexity index is 694. The van der Waals surface area contributed by atoms with Crippen LogP contribution in [0.15, 0.2) is 5.83 Å². The number of aliphatic hydroxyl groups is 1. The lowest BCUT2D eigenvalue weighted by atomic mass is 9.96. The first-order chi connectivity index (χ1) is 12.8. The van der Waals surface area contributed by atoms with Crippen LogP contribution in [0.3, 0.4) is 0 Å². The zero-order valence-electron chi connectivity index (χ0n) is 14.8. The topological polar surface area (TPSA) is 83.0 Å². The molecular formula is C15H18F7N5O. The highest BCUT2D eigenvalue weighted by atomic mass is 19.4. The smallest absolute Gasteiger partial charge is 0.386 e. The molecule has 0 amide bonds. The van der Waals surface area contributed by atoms with E-state index in [1.165, 1.54) is 0 Å². The predicted molar refractivity (Wildman–Crippen MR) is 86.0 cm³/mol. The number of aliphatic hydroxyl groups excluding tert-OH is 1. The summed E-state index contributed by atoms with van der Waals surface area (Å²) in [5.41, 5.74) is -0.188. The maximum absolute atomic E-state index is 14.2. The molecule has 0 spiro atoms. The van der Waals surface area contributed by atoms with E-state index in [-0.39, 0.29) is 18.4 Å². The van der Waals surface area contributed by atoms with Crippen LogP contribution in [-0.4, -0.2) is 50.6 Å². The fraction of sp³-hybridized carbons (Fsp3) is 0.667. The summed E-state index contributed by atoms with van der Waals surface area (Å²) < 4.78 is 90.8. The van der Waals surface area contributed by atoms with E-state index in [2.05, 4.69) is 15.0 Å². The summed E-state index contributed by atoms with van der Waals surface area (Å²) in [6.07, 6.45) is -10.2. The Morgan fingerprint density at radius 3 is 1.82 bits per heavy atom. The number of anilines is 2. The summed E-state index contributed by atoms with van der Waals surface area (Å²) in [6.45, 7) is 1.53. The molecule has 1 aromatic rings. The minimum atomic E-state index is -4.68. The van der Waals surface area contributed by atoms with Crippen LogP contribution in [0.1, 0.15) is 38.9 Å². The third-order valence-electron chi connectivity index (χ3n) is 4.06. The van der Waals surface area contributed by atoms with Gasteiger partial charge < -0.3 is 15.7 Å². The highest BCUT2D eigenvalue weighted by Gasteiger charge is 2.38. The molecule has 13 heteroatoms. The first-order valence-corrected chi connectivity index (χ1v) is 8.28. The van der Waals surface area contributed by atoms with Gasteiger partial charge in [-0.15, -0.1) is 0 Å². The average molecular weight is 417 g/mol. The number of nitrogens with zero attached hydrogens (tertiary/aromatic N) is 3. The Morgan fingerprint density at radius 2 is 1.39 bits per heavy atom. The minimum absolute atomic E-state index is 0.0649. The van der Waals surface area contributed by atoms with Crippen molar-refractivity contribution in [1.29, 1.82) is 0 Å². The van der Waals surface area contributed by atoms with E-state index in [4.69, 9.17) is 0 Å². The van der Waals surface area contributed by atoms with Gasteiger partial charge in [0, 0.05) is 5.57 Å². The van der Waals surface area contributed by atoms with Gasteiger partial charge in [-0.2, -0.15) is 41.3 Å². The van der Waals surface area contributed by atoms with Gasteiger partial charge in [0.15, 0.2) is 5.82 Å². The Kier molecular flexibility index (Phi) is 6.36. The van der Waals surface area contributed by atoms with Crippen molar-refractivity contribution in [2.45, 2.75) is 63.7 Å². The third kappa shape index (κ3) is 5.42. The average Bonchev–Trinajstić information content (AvgIpc) is 2.55. The number of hydrogen-bond acceptors (Lipinski definition) is 6. The van der Waals surface area contributed by atoms with Crippen LogP contribution in [-0.2, 0) is 0 Å². The van der Waals surface area contributed by atoms with Crippen molar-refractivity contribution in [3.05, 3.63) is 11.7 Å². The number of rotatable bonds is 5. The Morgan fingerprint density at radius 1 is 0.929 bits per heavy atom. The van der Waals surface area contributed by atoms with Crippen LogP contribution in [0.5, 0.6) is 0 Å². The molecular weight excluding hydrogens is 399 g/mol. The third-order valence-corrected chi connectivity index (χ3v) is 4.06. The molecule has 0 aliphatic heterocycles. The molecule has 0 bridgehead atoms. The van der Waals surface area contributed by atoms with Crippen LogP contribution in [0.4, 0.5) is 42.6 Å². The van der Waals surface area contributed by atoms with Crippen molar-refractivity contribution in [1.82, 2.24) is 15.0 Å². The molecule has 1 unspecified atom stereocenters.